The molecule has 1 aromatic carbocycles. The number of rotatable bonds is 5. The number of nitrogens with zero attached hydrogens (tertiary/aromatic N) is 5. The maximum atomic E-state index is 12.7. The summed E-state index contributed by atoms with van der Waals surface area (Å²) in [6.07, 6.45) is 4.84. The summed E-state index contributed by atoms with van der Waals surface area (Å²) in [6.45, 7) is 0.660. The molecule has 28 heavy (non-hydrogen) atoms. The first-order valence-electron chi connectivity index (χ1n) is 8.74. The van der Waals surface area contributed by atoms with E-state index in [0.717, 1.165) is 15.7 Å². The van der Waals surface area contributed by atoms with Gasteiger partial charge in [0.2, 0.25) is 11.8 Å². The van der Waals surface area contributed by atoms with Gasteiger partial charge in [-0.15, -0.1) is 0 Å². The lowest BCUT2D eigenvalue weighted by Gasteiger charge is -2.17. The van der Waals surface area contributed by atoms with Gasteiger partial charge >= 0.3 is 0 Å². The Hall–Kier alpha value is -3.07. The number of amides is 2. The Morgan fingerprint density at radius 1 is 1.29 bits per heavy atom. The van der Waals surface area contributed by atoms with Crippen LogP contribution in [-0.2, 0) is 16.1 Å². The van der Waals surface area contributed by atoms with Crippen LogP contribution in [0.15, 0.2) is 59.7 Å². The largest absolute Gasteiger partial charge is 0.352 e. The molecule has 0 saturated carbocycles. The highest BCUT2D eigenvalue weighted by Gasteiger charge is 2.35. The predicted molar refractivity (Wildman–Crippen MR) is 106 cm³/mol. The molecule has 0 aliphatic carbocycles. The zero-order chi connectivity index (χ0) is 19.5. The maximum absolute atomic E-state index is 12.7. The molecule has 1 aliphatic rings. The van der Waals surface area contributed by atoms with Crippen molar-refractivity contribution in [3.63, 3.8) is 0 Å². The molecule has 0 spiro atoms. The first-order chi connectivity index (χ1) is 13.6. The third-order valence-electron chi connectivity index (χ3n) is 4.57. The molecule has 0 bridgehead atoms. The standard InChI is InChI=1S/C19H17BrN6O2/c20-15-4-1-5-16(8-15)25-10-14(7-17(25)27)19(28)23-9-13-3-2-6-22-18(13)26-12-21-11-24-26/h1-6,8,11-12,14H,7,9-10H2,(H,23,28). The molecule has 1 fully saturated rings. The van der Waals surface area contributed by atoms with E-state index in [-0.39, 0.29) is 18.2 Å². The Morgan fingerprint density at radius 2 is 2.18 bits per heavy atom. The summed E-state index contributed by atoms with van der Waals surface area (Å²) in [5.41, 5.74) is 1.60. The van der Waals surface area contributed by atoms with Crippen molar-refractivity contribution in [2.75, 3.05) is 11.4 Å². The highest BCUT2D eigenvalue weighted by atomic mass is 79.9. The van der Waals surface area contributed by atoms with Crippen LogP contribution < -0.4 is 10.2 Å². The van der Waals surface area contributed by atoms with Crippen LogP contribution in [-0.4, -0.2) is 38.1 Å². The van der Waals surface area contributed by atoms with Crippen LogP contribution in [0.5, 0.6) is 0 Å². The SMILES string of the molecule is O=C(NCc1cccnc1-n1cncn1)C1CC(=O)N(c2cccc(Br)c2)C1. The number of nitrogens with one attached hydrogen (secondary N) is 1. The molecule has 2 amide bonds. The molecule has 3 aromatic rings. The van der Waals surface area contributed by atoms with Gasteiger partial charge in [0, 0.05) is 41.4 Å². The van der Waals surface area contributed by atoms with E-state index in [1.54, 1.807) is 28.2 Å². The summed E-state index contributed by atoms with van der Waals surface area (Å²) in [6, 6.07) is 11.2. The number of anilines is 1. The minimum absolute atomic E-state index is 0.0528. The second kappa shape index (κ2) is 7.89. The third kappa shape index (κ3) is 3.79. The van der Waals surface area contributed by atoms with Gasteiger partial charge in [0.25, 0.3) is 0 Å². The molecule has 0 radical (unpaired) electrons. The third-order valence-corrected chi connectivity index (χ3v) is 5.07. The minimum Gasteiger partial charge on any atom is -0.352 e. The minimum atomic E-state index is -0.391. The number of carbonyl (C=O) groups is 2. The van der Waals surface area contributed by atoms with Crippen LogP contribution in [0.25, 0.3) is 5.82 Å². The van der Waals surface area contributed by atoms with Crippen molar-refractivity contribution in [2.24, 2.45) is 5.92 Å². The zero-order valence-electron chi connectivity index (χ0n) is 14.8. The van der Waals surface area contributed by atoms with Crippen molar-refractivity contribution in [3.8, 4) is 5.82 Å². The normalized spacial score (nSPS) is 16.4. The average molecular weight is 441 g/mol. The molecular formula is C19H17BrN6O2. The molecule has 1 aliphatic heterocycles. The summed E-state index contributed by atoms with van der Waals surface area (Å²) in [5.74, 6) is 0.0127. The smallest absolute Gasteiger partial charge is 0.227 e. The van der Waals surface area contributed by atoms with Crippen LogP contribution >= 0.6 is 15.9 Å². The van der Waals surface area contributed by atoms with Crippen LogP contribution in [0, 0.1) is 5.92 Å². The van der Waals surface area contributed by atoms with E-state index < -0.39 is 5.92 Å². The molecule has 142 valence electrons. The van der Waals surface area contributed by atoms with Crippen molar-refractivity contribution in [3.05, 3.63) is 65.3 Å². The molecular weight excluding hydrogens is 424 g/mol. The van der Waals surface area contributed by atoms with Crippen LogP contribution in [0.4, 0.5) is 5.69 Å². The number of hydrogen-bond acceptors (Lipinski definition) is 5. The Bertz CT molecular complexity index is 1010. The predicted octanol–water partition coefficient (Wildman–Crippen LogP) is 2.09. The van der Waals surface area contributed by atoms with Crippen LogP contribution in [0.2, 0.25) is 0 Å². The Balaban J connectivity index is 1.42. The molecule has 3 heterocycles. The van der Waals surface area contributed by atoms with Gasteiger partial charge in [-0.2, -0.15) is 5.10 Å². The van der Waals surface area contributed by atoms with E-state index in [0.29, 0.717) is 18.9 Å². The lowest BCUT2D eigenvalue weighted by molar-refractivity contribution is -0.126. The van der Waals surface area contributed by atoms with E-state index in [1.165, 1.54) is 6.33 Å². The lowest BCUT2D eigenvalue weighted by atomic mass is 10.1. The average Bonchev–Trinajstić information content (AvgIpc) is 3.36. The van der Waals surface area contributed by atoms with Gasteiger partial charge in [-0.1, -0.05) is 28.1 Å². The molecule has 1 atom stereocenters. The number of hydrogen-bond donors (Lipinski definition) is 1. The zero-order valence-corrected chi connectivity index (χ0v) is 16.4. The topological polar surface area (TPSA) is 93.0 Å². The fourth-order valence-electron chi connectivity index (χ4n) is 3.20. The van der Waals surface area contributed by atoms with E-state index >= 15 is 0 Å². The number of benzene rings is 1. The Labute approximate surface area is 169 Å². The highest BCUT2D eigenvalue weighted by Crippen LogP contribution is 2.27. The first kappa shape index (κ1) is 18.3. The van der Waals surface area contributed by atoms with E-state index in [4.69, 9.17) is 0 Å². The first-order valence-corrected chi connectivity index (χ1v) is 9.53. The Morgan fingerprint density at radius 3 is 2.96 bits per heavy atom. The van der Waals surface area contributed by atoms with Crippen LogP contribution in [0.3, 0.4) is 0 Å². The molecule has 8 nitrogen and oxygen atoms in total. The quantitative estimate of drug-likeness (QED) is 0.655. The summed E-state index contributed by atoms with van der Waals surface area (Å²) < 4.78 is 2.44. The van der Waals surface area contributed by atoms with E-state index in [1.807, 2.05) is 30.3 Å². The lowest BCUT2D eigenvalue weighted by Crippen LogP contribution is -2.33. The molecule has 4 rings (SSSR count). The van der Waals surface area contributed by atoms with Crippen molar-refractivity contribution in [1.29, 1.82) is 0 Å². The maximum Gasteiger partial charge on any atom is 0.227 e. The summed E-state index contributed by atoms with van der Waals surface area (Å²) in [5, 5.41) is 7.01. The van der Waals surface area contributed by atoms with Crippen molar-refractivity contribution in [2.45, 2.75) is 13.0 Å². The van der Waals surface area contributed by atoms with E-state index in [9.17, 15) is 9.59 Å². The van der Waals surface area contributed by atoms with Gasteiger partial charge < -0.3 is 10.2 Å². The van der Waals surface area contributed by atoms with Gasteiger partial charge in [0.1, 0.15) is 12.7 Å². The van der Waals surface area contributed by atoms with Gasteiger partial charge in [-0.25, -0.2) is 14.6 Å². The van der Waals surface area contributed by atoms with E-state index in [2.05, 4.69) is 36.3 Å². The summed E-state index contributed by atoms with van der Waals surface area (Å²) in [4.78, 5) is 34.9. The fourth-order valence-corrected chi connectivity index (χ4v) is 3.58. The number of carbonyl (C=O) groups excluding carboxylic acids is 2. The molecule has 1 saturated heterocycles. The second-order valence-corrected chi connectivity index (χ2v) is 7.34. The highest BCUT2D eigenvalue weighted by molar-refractivity contribution is 9.10. The van der Waals surface area contributed by atoms with Gasteiger partial charge in [-0.3, -0.25) is 9.59 Å². The summed E-state index contributed by atoms with van der Waals surface area (Å²) in [7, 11) is 0. The number of pyridine rings is 1. The molecule has 9 heteroatoms. The van der Waals surface area contributed by atoms with Crippen LogP contribution in [0.1, 0.15) is 12.0 Å². The monoisotopic (exact) mass is 440 g/mol. The van der Waals surface area contributed by atoms with Crippen molar-refractivity contribution in [1.82, 2.24) is 25.1 Å². The molecule has 1 N–H and O–H groups in total. The van der Waals surface area contributed by atoms with Gasteiger partial charge in [0.15, 0.2) is 5.82 Å². The molecule has 2 aromatic heterocycles. The van der Waals surface area contributed by atoms with Gasteiger partial charge in [-0.05, 0) is 24.3 Å². The Kier molecular flexibility index (Phi) is 5.16. The number of halogens is 1. The fraction of sp³-hybridized carbons (Fsp3) is 0.211. The number of aromatic nitrogens is 4. The van der Waals surface area contributed by atoms with Gasteiger partial charge in [0.05, 0.1) is 5.92 Å². The summed E-state index contributed by atoms with van der Waals surface area (Å²) >= 11 is 3.41. The molecule has 1 unspecified atom stereocenters. The second-order valence-electron chi connectivity index (χ2n) is 6.43. The van der Waals surface area contributed by atoms with Crippen molar-refractivity contribution >= 4 is 33.4 Å². The van der Waals surface area contributed by atoms with Crippen molar-refractivity contribution < 1.29 is 9.59 Å².